The third-order valence-electron chi connectivity index (χ3n) is 4.64. The monoisotopic (exact) mass is 341 g/mol. The Morgan fingerprint density at radius 2 is 1.29 bits per heavy atom. The molecule has 0 aliphatic carbocycles. The zero-order valence-electron chi connectivity index (χ0n) is 16.2. The molecule has 24 heavy (non-hydrogen) atoms. The Morgan fingerprint density at radius 3 is 1.79 bits per heavy atom. The van der Waals surface area contributed by atoms with Crippen LogP contribution in [0.15, 0.2) is 0 Å². The van der Waals surface area contributed by atoms with Crippen LogP contribution < -0.4 is 16.8 Å². The molecule has 1 amide bonds. The maximum Gasteiger partial charge on any atom is 0.236 e. The Balaban J connectivity index is 3.23. The van der Waals surface area contributed by atoms with Crippen molar-refractivity contribution in [2.75, 3.05) is 13.1 Å². The number of unbranched alkanes of at least 4 members (excludes halogenated alkanes) is 12. The molecule has 0 heterocycles. The van der Waals surface area contributed by atoms with Gasteiger partial charge in [0.2, 0.25) is 5.91 Å². The zero-order chi connectivity index (χ0) is 17.9. The number of hydrogen-bond donors (Lipinski definition) is 3. The molecule has 0 aromatic carbocycles. The van der Waals surface area contributed by atoms with Crippen LogP contribution in [0, 0.1) is 0 Å². The van der Waals surface area contributed by atoms with Crippen molar-refractivity contribution in [2.45, 2.75) is 109 Å². The van der Waals surface area contributed by atoms with Gasteiger partial charge in [0.05, 0.1) is 6.04 Å². The van der Waals surface area contributed by atoms with Gasteiger partial charge < -0.3 is 16.8 Å². The molecule has 144 valence electrons. The van der Waals surface area contributed by atoms with Crippen molar-refractivity contribution in [3.05, 3.63) is 0 Å². The van der Waals surface area contributed by atoms with Gasteiger partial charge in [-0.15, -0.1) is 0 Å². The Labute approximate surface area is 150 Å². The molecule has 0 fully saturated rings. The third kappa shape index (κ3) is 16.3. The molecule has 5 N–H and O–H groups in total. The van der Waals surface area contributed by atoms with E-state index in [0.29, 0.717) is 6.54 Å². The summed E-state index contributed by atoms with van der Waals surface area (Å²) in [6.45, 7) is 3.71. The first kappa shape index (κ1) is 23.4. The Hall–Kier alpha value is -0.610. The van der Waals surface area contributed by atoms with E-state index in [-0.39, 0.29) is 11.9 Å². The zero-order valence-corrected chi connectivity index (χ0v) is 16.2. The van der Waals surface area contributed by atoms with Gasteiger partial charge in [-0.05, 0) is 25.8 Å². The van der Waals surface area contributed by atoms with E-state index < -0.39 is 0 Å². The summed E-state index contributed by atoms with van der Waals surface area (Å²) >= 11 is 0. The summed E-state index contributed by atoms with van der Waals surface area (Å²) in [7, 11) is 0. The minimum atomic E-state index is -0.367. The maximum absolute atomic E-state index is 11.8. The second-order valence-electron chi connectivity index (χ2n) is 7.07. The SMILES string of the molecule is CCCCCCCCCCCCCCNC(=O)[C@@H](N)CCCCN. The van der Waals surface area contributed by atoms with E-state index in [9.17, 15) is 4.79 Å². The average Bonchev–Trinajstić information content (AvgIpc) is 2.58. The normalized spacial score (nSPS) is 12.3. The summed E-state index contributed by atoms with van der Waals surface area (Å²) in [5.74, 6) is -0.00454. The molecule has 0 bridgehead atoms. The number of carbonyl (C=O) groups excluding carboxylic acids is 1. The van der Waals surface area contributed by atoms with Crippen molar-refractivity contribution in [3.63, 3.8) is 0 Å². The summed E-state index contributed by atoms with van der Waals surface area (Å²) in [5, 5.41) is 2.95. The molecule has 0 spiro atoms. The van der Waals surface area contributed by atoms with E-state index in [1.54, 1.807) is 0 Å². The van der Waals surface area contributed by atoms with Gasteiger partial charge in [-0.1, -0.05) is 84.0 Å². The Morgan fingerprint density at radius 1 is 0.792 bits per heavy atom. The van der Waals surface area contributed by atoms with E-state index >= 15 is 0 Å². The maximum atomic E-state index is 11.8. The fraction of sp³-hybridized carbons (Fsp3) is 0.950. The van der Waals surface area contributed by atoms with Crippen LogP contribution in [0.2, 0.25) is 0 Å². The lowest BCUT2D eigenvalue weighted by molar-refractivity contribution is -0.122. The number of hydrogen-bond acceptors (Lipinski definition) is 3. The van der Waals surface area contributed by atoms with Crippen molar-refractivity contribution in [3.8, 4) is 0 Å². The standard InChI is InChI=1S/C20H43N3O/c1-2-3-4-5-6-7-8-9-10-11-12-15-18-23-20(24)19(22)16-13-14-17-21/h19H,2-18,21-22H2,1H3,(H,23,24)/t19-/m0/s1. The lowest BCUT2D eigenvalue weighted by Crippen LogP contribution is -2.40. The number of nitrogens with two attached hydrogens (primary N) is 2. The van der Waals surface area contributed by atoms with E-state index in [1.165, 1.54) is 70.6 Å². The summed E-state index contributed by atoms with van der Waals surface area (Å²) < 4.78 is 0. The molecule has 0 aliphatic heterocycles. The van der Waals surface area contributed by atoms with Crippen LogP contribution in [0.1, 0.15) is 103 Å². The van der Waals surface area contributed by atoms with Crippen molar-refractivity contribution < 1.29 is 4.79 Å². The summed E-state index contributed by atoms with van der Waals surface area (Å²) in [6, 6.07) is -0.367. The first-order valence-corrected chi connectivity index (χ1v) is 10.5. The minimum absolute atomic E-state index is 0.00454. The number of rotatable bonds is 18. The van der Waals surface area contributed by atoms with Crippen LogP contribution in [0.25, 0.3) is 0 Å². The summed E-state index contributed by atoms with van der Waals surface area (Å²) in [6.07, 6.45) is 18.7. The van der Waals surface area contributed by atoms with Gasteiger partial charge in [-0.2, -0.15) is 0 Å². The fourth-order valence-electron chi connectivity index (χ4n) is 2.95. The van der Waals surface area contributed by atoms with Crippen molar-refractivity contribution in [1.29, 1.82) is 0 Å². The summed E-state index contributed by atoms with van der Waals surface area (Å²) in [5.41, 5.74) is 11.3. The molecule has 1 atom stereocenters. The predicted octanol–water partition coefficient (Wildman–Crippen LogP) is 4.26. The molecule has 0 aromatic rings. The molecular weight excluding hydrogens is 298 g/mol. The molecule has 4 nitrogen and oxygen atoms in total. The van der Waals surface area contributed by atoms with Crippen LogP contribution in [-0.4, -0.2) is 25.0 Å². The molecule has 0 rings (SSSR count). The number of nitrogens with one attached hydrogen (secondary N) is 1. The van der Waals surface area contributed by atoms with Crippen molar-refractivity contribution in [1.82, 2.24) is 5.32 Å². The number of carbonyl (C=O) groups is 1. The van der Waals surface area contributed by atoms with Crippen molar-refractivity contribution in [2.24, 2.45) is 11.5 Å². The highest BCUT2D eigenvalue weighted by atomic mass is 16.2. The van der Waals surface area contributed by atoms with Crippen LogP contribution in [0.3, 0.4) is 0 Å². The lowest BCUT2D eigenvalue weighted by Gasteiger charge is -2.11. The Bertz CT molecular complexity index is 272. The van der Waals surface area contributed by atoms with Crippen LogP contribution >= 0.6 is 0 Å². The van der Waals surface area contributed by atoms with E-state index in [2.05, 4.69) is 12.2 Å². The molecule has 0 radical (unpaired) electrons. The molecule has 0 unspecified atom stereocenters. The predicted molar refractivity (Wildman–Crippen MR) is 105 cm³/mol. The molecular formula is C20H43N3O. The highest BCUT2D eigenvalue weighted by Gasteiger charge is 2.11. The van der Waals surface area contributed by atoms with Gasteiger partial charge in [0.15, 0.2) is 0 Å². The molecule has 0 saturated carbocycles. The second kappa shape index (κ2) is 18.7. The van der Waals surface area contributed by atoms with E-state index in [4.69, 9.17) is 11.5 Å². The van der Waals surface area contributed by atoms with Gasteiger partial charge in [0, 0.05) is 6.54 Å². The molecule has 4 heteroatoms. The molecule has 0 aromatic heterocycles. The number of amides is 1. The van der Waals surface area contributed by atoms with Crippen LogP contribution in [-0.2, 0) is 4.79 Å². The average molecular weight is 342 g/mol. The van der Waals surface area contributed by atoms with Gasteiger partial charge >= 0.3 is 0 Å². The van der Waals surface area contributed by atoms with Crippen LogP contribution in [0.5, 0.6) is 0 Å². The second-order valence-corrected chi connectivity index (χ2v) is 7.07. The van der Waals surface area contributed by atoms with Gasteiger partial charge in [-0.3, -0.25) is 4.79 Å². The quantitative estimate of drug-likeness (QED) is 0.326. The Kier molecular flexibility index (Phi) is 18.2. The fourth-order valence-corrected chi connectivity index (χ4v) is 2.95. The van der Waals surface area contributed by atoms with Crippen LogP contribution in [0.4, 0.5) is 0 Å². The highest BCUT2D eigenvalue weighted by molar-refractivity contribution is 5.81. The first-order valence-electron chi connectivity index (χ1n) is 10.5. The van der Waals surface area contributed by atoms with Gasteiger partial charge in [0.1, 0.15) is 0 Å². The molecule has 0 aliphatic rings. The van der Waals surface area contributed by atoms with Gasteiger partial charge in [0.25, 0.3) is 0 Å². The molecule has 0 saturated heterocycles. The topological polar surface area (TPSA) is 81.1 Å². The minimum Gasteiger partial charge on any atom is -0.355 e. The highest BCUT2D eigenvalue weighted by Crippen LogP contribution is 2.11. The first-order chi connectivity index (χ1) is 11.7. The lowest BCUT2D eigenvalue weighted by atomic mass is 10.1. The van der Waals surface area contributed by atoms with E-state index in [1.807, 2.05) is 0 Å². The third-order valence-corrected chi connectivity index (χ3v) is 4.64. The smallest absolute Gasteiger partial charge is 0.236 e. The van der Waals surface area contributed by atoms with E-state index in [0.717, 1.165) is 32.2 Å². The van der Waals surface area contributed by atoms with Crippen molar-refractivity contribution >= 4 is 5.91 Å². The largest absolute Gasteiger partial charge is 0.355 e. The van der Waals surface area contributed by atoms with Gasteiger partial charge in [-0.25, -0.2) is 0 Å². The summed E-state index contributed by atoms with van der Waals surface area (Å²) in [4.78, 5) is 11.8.